The van der Waals surface area contributed by atoms with Crippen molar-refractivity contribution in [3.05, 3.63) is 58.1 Å². The molecule has 0 aliphatic heterocycles. The number of hydrogen-bond donors (Lipinski definition) is 3. The number of anilines is 1. The summed E-state index contributed by atoms with van der Waals surface area (Å²) >= 11 is 5.85. The molecule has 0 aromatic heterocycles. The van der Waals surface area contributed by atoms with Gasteiger partial charge in [0.05, 0.1) is 5.69 Å². The van der Waals surface area contributed by atoms with Crippen molar-refractivity contribution in [3.8, 4) is 5.75 Å². The fourth-order valence-electron chi connectivity index (χ4n) is 2.15. The molecule has 0 aliphatic carbocycles. The van der Waals surface area contributed by atoms with Crippen LogP contribution in [0.1, 0.15) is 43.6 Å². The molecule has 3 nitrogen and oxygen atoms in total. The summed E-state index contributed by atoms with van der Waals surface area (Å²) in [7, 11) is 0. The summed E-state index contributed by atoms with van der Waals surface area (Å²) in [6, 6.07) is 10.4. The van der Waals surface area contributed by atoms with Gasteiger partial charge >= 0.3 is 0 Å². The zero-order chi connectivity index (χ0) is 15.8. The van der Waals surface area contributed by atoms with Gasteiger partial charge in [-0.3, -0.25) is 0 Å². The lowest BCUT2D eigenvalue weighted by molar-refractivity contribution is 0.215. The van der Waals surface area contributed by atoms with Gasteiger partial charge in [-0.2, -0.15) is 0 Å². The number of nitrogen functional groups attached to an aromatic ring is 1. The van der Waals surface area contributed by atoms with Gasteiger partial charge in [0.15, 0.2) is 0 Å². The van der Waals surface area contributed by atoms with Gasteiger partial charge in [0.1, 0.15) is 11.9 Å². The molecule has 2 rings (SSSR count). The van der Waals surface area contributed by atoms with Crippen LogP contribution in [0.4, 0.5) is 5.69 Å². The van der Waals surface area contributed by atoms with E-state index in [0.717, 1.165) is 5.56 Å². The molecule has 21 heavy (non-hydrogen) atoms. The minimum absolute atomic E-state index is 0.0783. The van der Waals surface area contributed by atoms with Crippen LogP contribution in [0.5, 0.6) is 5.75 Å². The first kappa shape index (κ1) is 15.7. The predicted molar refractivity (Wildman–Crippen MR) is 86.7 cm³/mol. The van der Waals surface area contributed by atoms with Crippen molar-refractivity contribution in [2.24, 2.45) is 0 Å². The molecule has 0 fully saturated rings. The lowest BCUT2D eigenvalue weighted by Gasteiger charge is -2.23. The monoisotopic (exact) mass is 305 g/mol. The van der Waals surface area contributed by atoms with Crippen LogP contribution >= 0.6 is 11.6 Å². The molecule has 1 unspecified atom stereocenters. The summed E-state index contributed by atoms with van der Waals surface area (Å²) in [5.41, 5.74) is 8.03. The summed E-state index contributed by atoms with van der Waals surface area (Å²) in [6.07, 6.45) is -0.952. The topological polar surface area (TPSA) is 66.5 Å². The Labute approximate surface area is 130 Å². The first-order valence-corrected chi connectivity index (χ1v) is 7.14. The van der Waals surface area contributed by atoms with Gasteiger partial charge in [-0.1, -0.05) is 44.5 Å². The van der Waals surface area contributed by atoms with Crippen molar-refractivity contribution in [3.63, 3.8) is 0 Å². The van der Waals surface area contributed by atoms with E-state index in [1.54, 1.807) is 36.4 Å². The molecule has 0 amide bonds. The maximum atomic E-state index is 10.5. The standard InChI is InChI=1S/C17H20ClNO2/c1-17(2,3)11-8-13(16(21)14(19)9-11)15(20)10-4-6-12(18)7-5-10/h4-9,15,20-21H,19H2,1-3H3. The number of benzene rings is 2. The van der Waals surface area contributed by atoms with Crippen molar-refractivity contribution in [2.45, 2.75) is 32.3 Å². The quantitative estimate of drug-likeness (QED) is 0.580. The van der Waals surface area contributed by atoms with Crippen LogP contribution in [-0.2, 0) is 5.41 Å². The van der Waals surface area contributed by atoms with Gasteiger partial charge in [-0.05, 0) is 40.8 Å². The van der Waals surface area contributed by atoms with Crippen molar-refractivity contribution in [1.82, 2.24) is 0 Å². The summed E-state index contributed by atoms with van der Waals surface area (Å²) in [6.45, 7) is 6.16. The van der Waals surface area contributed by atoms with E-state index in [0.29, 0.717) is 16.1 Å². The Bertz CT molecular complexity index is 645. The van der Waals surface area contributed by atoms with Crippen molar-refractivity contribution in [1.29, 1.82) is 0 Å². The second-order valence-corrected chi connectivity index (χ2v) is 6.64. The Hall–Kier alpha value is -1.71. The third kappa shape index (κ3) is 3.31. The Balaban J connectivity index is 2.52. The summed E-state index contributed by atoms with van der Waals surface area (Å²) in [5, 5.41) is 21.3. The van der Waals surface area contributed by atoms with Gasteiger partial charge in [0.2, 0.25) is 0 Å². The number of hydrogen-bond acceptors (Lipinski definition) is 3. The zero-order valence-electron chi connectivity index (χ0n) is 12.4. The molecule has 2 aromatic rings. The average Bonchev–Trinajstić information content (AvgIpc) is 2.40. The zero-order valence-corrected chi connectivity index (χ0v) is 13.1. The molecule has 4 N–H and O–H groups in total. The van der Waals surface area contributed by atoms with Crippen LogP contribution in [0, 0.1) is 0 Å². The third-order valence-corrected chi connectivity index (χ3v) is 3.77. The van der Waals surface area contributed by atoms with E-state index >= 15 is 0 Å². The Morgan fingerprint density at radius 3 is 2.19 bits per heavy atom. The molecule has 2 aromatic carbocycles. The van der Waals surface area contributed by atoms with Gasteiger partial charge < -0.3 is 15.9 Å². The Morgan fingerprint density at radius 1 is 1.10 bits per heavy atom. The van der Waals surface area contributed by atoms with Crippen LogP contribution in [0.3, 0.4) is 0 Å². The van der Waals surface area contributed by atoms with Crippen molar-refractivity contribution in [2.75, 3.05) is 5.73 Å². The van der Waals surface area contributed by atoms with Crippen LogP contribution in [0.25, 0.3) is 0 Å². The SMILES string of the molecule is CC(C)(C)c1cc(N)c(O)c(C(O)c2ccc(Cl)cc2)c1. The summed E-state index contributed by atoms with van der Waals surface area (Å²) in [5.74, 6) is -0.0783. The summed E-state index contributed by atoms with van der Waals surface area (Å²) in [4.78, 5) is 0. The van der Waals surface area contributed by atoms with E-state index in [1.165, 1.54) is 0 Å². The molecular weight excluding hydrogens is 286 g/mol. The molecule has 0 spiro atoms. The molecule has 0 bridgehead atoms. The number of aliphatic hydroxyl groups is 1. The number of halogens is 1. The van der Waals surface area contributed by atoms with Gasteiger partial charge in [0.25, 0.3) is 0 Å². The van der Waals surface area contributed by atoms with E-state index in [4.69, 9.17) is 17.3 Å². The van der Waals surface area contributed by atoms with Gasteiger partial charge in [0, 0.05) is 10.6 Å². The fourth-order valence-corrected chi connectivity index (χ4v) is 2.27. The highest BCUT2D eigenvalue weighted by molar-refractivity contribution is 6.30. The first-order valence-electron chi connectivity index (χ1n) is 6.76. The molecular formula is C17H20ClNO2. The highest BCUT2D eigenvalue weighted by Crippen LogP contribution is 2.38. The number of nitrogens with two attached hydrogens (primary N) is 1. The van der Waals surface area contributed by atoms with E-state index in [9.17, 15) is 10.2 Å². The van der Waals surface area contributed by atoms with Crippen LogP contribution in [-0.4, -0.2) is 10.2 Å². The van der Waals surface area contributed by atoms with Crippen LogP contribution < -0.4 is 5.73 Å². The van der Waals surface area contributed by atoms with Crippen molar-refractivity contribution >= 4 is 17.3 Å². The number of aromatic hydroxyl groups is 1. The third-order valence-electron chi connectivity index (χ3n) is 3.52. The molecule has 0 saturated heterocycles. The molecule has 0 heterocycles. The second kappa shape index (κ2) is 5.58. The molecule has 4 heteroatoms. The minimum Gasteiger partial charge on any atom is -0.505 e. The fraction of sp³-hybridized carbons (Fsp3) is 0.294. The predicted octanol–water partition coefficient (Wildman–Crippen LogP) is 4.01. The van der Waals surface area contributed by atoms with Gasteiger partial charge in [-0.15, -0.1) is 0 Å². The first-order chi connectivity index (χ1) is 9.70. The average molecular weight is 306 g/mol. The molecule has 112 valence electrons. The number of aliphatic hydroxyl groups excluding tert-OH is 1. The lowest BCUT2D eigenvalue weighted by atomic mass is 9.84. The Kier molecular flexibility index (Phi) is 4.17. The number of phenolic OH excluding ortho intramolecular Hbond substituents is 1. The van der Waals surface area contributed by atoms with E-state index < -0.39 is 6.10 Å². The van der Waals surface area contributed by atoms with Crippen LogP contribution in [0.2, 0.25) is 5.02 Å². The Morgan fingerprint density at radius 2 is 1.67 bits per heavy atom. The molecule has 0 saturated carbocycles. The number of phenols is 1. The molecule has 0 radical (unpaired) electrons. The van der Waals surface area contributed by atoms with Gasteiger partial charge in [-0.25, -0.2) is 0 Å². The van der Waals surface area contributed by atoms with Crippen LogP contribution in [0.15, 0.2) is 36.4 Å². The molecule has 1 atom stereocenters. The van der Waals surface area contributed by atoms with Crippen molar-refractivity contribution < 1.29 is 10.2 Å². The molecule has 0 aliphatic rings. The number of rotatable bonds is 2. The highest BCUT2D eigenvalue weighted by atomic mass is 35.5. The lowest BCUT2D eigenvalue weighted by Crippen LogP contribution is -2.13. The minimum atomic E-state index is -0.952. The summed E-state index contributed by atoms with van der Waals surface area (Å²) < 4.78 is 0. The maximum absolute atomic E-state index is 10.5. The highest BCUT2D eigenvalue weighted by Gasteiger charge is 2.22. The van der Waals surface area contributed by atoms with E-state index in [-0.39, 0.29) is 16.9 Å². The van der Waals surface area contributed by atoms with E-state index in [2.05, 4.69) is 20.8 Å². The normalized spacial score (nSPS) is 13.2. The smallest absolute Gasteiger partial charge is 0.144 e. The maximum Gasteiger partial charge on any atom is 0.144 e. The largest absolute Gasteiger partial charge is 0.505 e. The second-order valence-electron chi connectivity index (χ2n) is 6.21. The van der Waals surface area contributed by atoms with E-state index in [1.807, 2.05) is 0 Å².